The van der Waals surface area contributed by atoms with Gasteiger partial charge in [0.1, 0.15) is 10.6 Å². The average molecular weight is 521 g/mol. The summed E-state index contributed by atoms with van der Waals surface area (Å²) >= 11 is 0.925. The van der Waals surface area contributed by atoms with Crippen LogP contribution >= 0.6 is 11.3 Å². The number of fused-ring (bicyclic) bond motifs is 1. The Bertz CT molecular complexity index is 1490. The van der Waals surface area contributed by atoms with E-state index in [1.165, 1.54) is 21.6 Å². The fraction of sp³-hybridized carbons (Fsp3) is 0.333. The molecule has 0 aliphatic carbocycles. The maximum atomic E-state index is 14.1. The molecule has 1 N–H and O–H groups in total. The first-order valence-electron chi connectivity index (χ1n) is 11.3. The van der Waals surface area contributed by atoms with Gasteiger partial charge in [-0.05, 0) is 43.0 Å². The third-order valence-corrected chi connectivity index (χ3v) is 7.33. The van der Waals surface area contributed by atoms with E-state index in [1.807, 2.05) is 0 Å². The first-order valence-corrected chi connectivity index (χ1v) is 12.1. The van der Waals surface area contributed by atoms with Crippen molar-refractivity contribution in [1.82, 2.24) is 19.4 Å². The van der Waals surface area contributed by atoms with Gasteiger partial charge in [0, 0.05) is 26.2 Å². The molecule has 12 heteroatoms. The topological polar surface area (TPSA) is 93.4 Å². The van der Waals surface area contributed by atoms with Crippen molar-refractivity contribution in [3.05, 3.63) is 79.1 Å². The number of halogens is 3. The summed E-state index contributed by atoms with van der Waals surface area (Å²) in [4.78, 5) is 53.4. The number of aromatic nitrogens is 2. The summed E-state index contributed by atoms with van der Waals surface area (Å²) in [7, 11) is 0. The van der Waals surface area contributed by atoms with Crippen molar-refractivity contribution in [2.24, 2.45) is 0 Å². The third kappa shape index (κ3) is 4.99. The largest absolute Gasteiger partial charge is 0.353 e. The molecule has 0 unspecified atom stereocenters. The third-order valence-electron chi connectivity index (χ3n) is 6.03. The molecule has 0 spiro atoms. The zero-order valence-electron chi connectivity index (χ0n) is 19.4. The van der Waals surface area contributed by atoms with Crippen LogP contribution in [-0.4, -0.2) is 45.5 Å². The van der Waals surface area contributed by atoms with Crippen LogP contribution in [0.2, 0.25) is 0 Å². The van der Waals surface area contributed by atoms with Crippen molar-refractivity contribution >= 4 is 33.4 Å². The van der Waals surface area contributed by atoms with Gasteiger partial charge in [0.15, 0.2) is 0 Å². The Morgan fingerprint density at radius 2 is 1.89 bits per heavy atom. The number of piperazine rings is 1. The van der Waals surface area contributed by atoms with Gasteiger partial charge in [-0.15, -0.1) is 11.3 Å². The highest BCUT2D eigenvalue weighted by atomic mass is 32.1. The SMILES string of the molecule is Cc1c(C(=O)N2CCNC(=O)C2)sc2c1c(=O)n(CCc1ccccc1F)c(=O)n2CCC=C(F)F. The summed E-state index contributed by atoms with van der Waals surface area (Å²) in [5, 5.41) is 2.76. The molecule has 0 bridgehead atoms. The number of aryl methyl sites for hydroxylation is 3. The van der Waals surface area contributed by atoms with Gasteiger partial charge in [0.05, 0.1) is 16.8 Å². The van der Waals surface area contributed by atoms with E-state index in [0.717, 1.165) is 15.9 Å². The summed E-state index contributed by atoms with van der Waals surface area (Å²) in [5.41, 5.74) is -0.705. The number of hydrogen-bond acceptors (Lipinski definition) is 5. The number of nitrogens with one attached hydrogen (secondary N) is 1. The lowest BCUT2D eigenvalue weighted by atomic mass is 10.1. The second kappa shape index (κ2) is 10.5. The van der Waals surface area contributed by atoms with Crippen LogP contribution in [-0.2, 0) is 24.3 Å². The molecule has 0 atom stereocenters. The number of hydrogen-bond donors (Lipinski definition) is 1. The number of thiophene rings is 1. The van der Waals surface area contributed by atoms with Crippen molar-refractivity contribution in [1.29, 1.82) is 0 Å². The number of carbonyl (C=O) groups excluding carboxylic acids is 2. The van der Waals surface area contributed by atoms with Crippen molar-refractivity contribution in [2.45, 2.75) is 32.9 Å². The van der Waals surface area contributed by atoms with Crippen LogP contribution in [0.1, 0.15) is 27.2 Å². The molecule has 3 aromatic rings. The second-order valence-corrected chi connectivity index (χ2v) is 9.33. The molecule has 3 heterocycles. The monoisotopic (exact) mass is 520 g/mol. The Hall–Kier alpha value is -3.67. The highest BCUT2D eigenvalue weighted by Gasteiger charge is 2.28. The number of benzene rings is 1. The predicted molar refractivity (Wildman–Crippen MR) is 129 cm³/mol. The normalized spacial score (nSPS) is 13.7. The van der Waals surface area contributed by atoms with Crippen LogP contribution in [0.5, 0.6) is 0 Å². The van der Waals surface area contributed by atoms with Crippen LogP contribution in [0.3, 0.4) is 0 Å². The Balaban J connectivity index is 1.82. The number of amides is 2. The summed E-state index contributed by atoms with van der Waals surface area (Å²) < 4.78 is 41.6. The first-order chi connectivity index (χ1) is 17.2. The lowest BCUT2D eigenvalue weighted by molar-refractivity contribution is -0.123. The van der Waals surface area contributed by atoms with Crippen LogP contribution < -0.4 is 16.6 Å². The van der Waals surface area contributed by atoms with E-state index in [0.29, 0.717) is 30.3 Å². The van der Waals surface area contributed by atoms with Crippen molar-refractivity contribution in [3.63, 3.8) is 0 Å². The van der Waals surface area contributed by atoms with Gasteiger partial charge in [-0.1, -0.05) is 18.2 Å². The Morgan fingerprint density at radius 1 is 1.14 bits per heavy atom. The molecular weight excluding hydrogens is 497 g/mol. The van der Waals surface area contributed by atoms with E-state index in [1.54, 1.807) is 19.1 Å². The number of allylic oxidation sites excluding steroid dienone is 1. The van der Waals surface area contributed by atoms with Crippen molar-refractivity contribution in [2.75, 3.05) is 19.6 Å². The zero-order chi connectivity index (χ0) is 26.0. The maximum Gasteiger partial charge on any atom is 0.332 e. The summed E-state index contributed by atoms with van der Waals surface area (Å²) in [6.07, 6.45) is -1.33. The fourth-order valence-corrected chi connectivity index (χ4v) is 5.47. The molecule has 4 rings (SSSR count). The van der Waals surface area contributed by atoms with Crippen LogP contribution in [0.25, 0.3) is 10.2 Å². The van der Waals surface area contributed by atoms with Gasteiger partial charge < -0.3 is 10.2 Å². The molecule has 2 amide bonds. The quantitative estimate of drug-likeness (QED) is 0.519. The molecule has 1 fully saturated rings. The molecule has 8 nitrogen and oxygen atoms in total. The molecule has 190 valence electrons. The smallest absolute Gasteiger partial charge is 0.332 e. The predicted octanol–water partition coefficient (Wildman–Crippen LogP) is 2.66. The van der Waals surface area contributed by atoms with Gasteiger partial charge in [-0.2, -0.15) is 8.78 Å². The molecular formula is C24H23F3N4O4S. The van der Waals surface area contributed by atoms with Crippen LogP contribution in [0, 0.1) is 12.7 Å². The minimum Gasteiger partial charge on any atom is -0.353 e. The van der Waals surface area contributed by atoms with E-state index >= 15 is 0 Å². The molecule has 36 heavy (non-hydrogen) atoms. The van der Waals surface area contributed by atoms with Crippen LogP contribution in [0.15, 0.2) is 46.0 Å². The number of nitrogens with zero attached hydrogens (tertiary/aromatic N) is 3. The number of rotatable bonds is 7. The van der Waals surface area contributed by atoms with Gasteiger partial charge in [-0.25, -0.2) is 9.18 Å². The zero-order valence-corrected chi connectivity index (χ0v) is 20.2. The molecule has 2 aromatic heterocycles. The van der Waals surface area contributed by atoms with E-state index in [-0.39, 0.29) is 53.5 Å². The molecule has 1 aliphatic heterocycles. The molecule has 0 saturated carbocycles. The van der Waals surface area contributed by atoms with Gasteiger partial charge >= 0.3 is 5.69 Å². The molecule has 1 saturated heterocycles. The van der Waals surface area contributed by atoms with E-state index in [2.05, 4.69) is 5.32 Å². The minimum absolute atomic E-state index is 0.0597. The van der Waals surface area contributed by atoms with Crippen molar-refractivity contribution in [3.8, 4) is 0 Å². The standard InChI is InChI=1S/C24H23F3N4O4S/c1-14-19-21(33)30(11-8-15-5-2-3-6-16(15)25)24(35)31(10-4-7-17(26)27)23(19)36-20(14)22(34)29-12-9-28-18(32)13-29/h2-3,5-7H,4,8-13H2,1H3,(H,28,32). The highest BCUT2D eigenvalue weighted by molar-refractivity contribution is 7.20. The Labute approximate surface area is 207 Å². The molecule has 1 aliphatic rings. The Morgan fingerprint density at radius 3 is 2.58 bits per heavy atom. The second-order valence-electron chi connectivity index (χ2n) is 8.33. The van der Waals surface area contributed by atoms with Gasteiger partial charge in [-0.3, -0.25) is 23.5 Å². The summed E-state index contributed by atoms with van der Waals surface area (Å²) in [6.45, 7) is 1.75. The summed E-state index contributed by atoms with van der Waals surface area (Å²) in [6, 6.07) is 6.00. The van der Waals surface area contributed by atoms with Gasteiger partial charge in [0.2, 0.25) is 5.91 Å². The minimum atomic E-state index is -1.89. The average Bonchev–Trinajstić information content (AvgIpc) is 3.18. The van der Waals surface area contributed by atoms with Crippen LogP contribution in [0.4, 0.5) is 13.2 Å². The van der Waals surface area contributed by atoms with E-state index < -0.39 is 29.1 Å². The molecule has 0 radical (unpaired) electrons. The van der Waals surface area contributed by atoms with Crippen molar-refractivity contribution < 1.29 is 22.8 Å². The summed E-state index contributed by atoms with van der Waals surface area (Å²) in [5.74, 6) is -1.23. The van der Waals surface area contributed by atoms with E-state index in [9.17, 15) is 32.3 Å². The lowest BCUT2D eigenvalue weighted by Crippen LogP contribution is -2.49. The lowest BCUT2D eigenvalue weighted by Gasteiger charge is -2.26. The maximum absolute atomic E-state index is 14.1. The highest BCUT2D eigenvalue weighted by Crippen LogP contribution is 2.29. The number of carbonyl (C=O) groups is 2. The Kier molecular flexibility index (Phi) is 7.43. The van der Waals surface area contributed by atoms with E-state index in [4.69, 9.17) is 0 Å². The fourth-order valence-electron chi connectivity index (χ4n) is 4.18. The molecule has 1 aromatic carbocycles. The van der Waals surface area contributed by atoms with Gasteiger partial charge in [0.25, 0.3) is 17.5 Å². The first kappa shape index (κ1) is 25.4.